The van der Waals surface area contributed by atoms with Crippen molar-refractivity contribution in [2.75, 3.05) is 0 Å². The smallest absolute Gasteiger partial charge is 0.170 e. The van der Waals surface area contributed by atoms with E-state index in [1.165, 1.54) is 30.6 Å². The van der Waals surface area contributed by atoms with Gasteiger partial charge in [0.15, 0.2) is 5.11 Å². The summed E-state index contributed by atoms with van der Waals surface area (Å²) in [6.45, 7) is 0. The number of thiophene rings is 1. The van der Waals surface area contributed by atoms with Crippen molar-refractivity contribution in [2.45, 2.75) is 43.8 Å². The second-order valence-corrected chi connectivity index (χ2v) is 8.38. The second-order valence-electron chi connectivity index (χ2n) is 6.14. The maximum Gasteiger partial charge on any atom is 0.170 e. The van der Waals surface area contributed by atoms with Crippen LogP contribution < -0.4 is 5.32 Å². The molecular weight excluding hydrogens is 390 g/mol. The van der Waals surface area contributed by atoms with E-state index in [2.05, 4.69) is 48.6 Å². The minimum absolute atomic E-state index is 0.120. The summed E-state index contributed by atoms with van der Waals surface area (Å²) in [4.78, 5) is 8.37. The summed E-state index contributed by atoms with van der Waals surface area (Å²) in [6.07, 6.45) is 6.94. The lowest BCUT2D eigenvalue weighted by Crippen LogP contribution is -2.37. The lowest BCUT2D eigenvalue weighted by molar-refractivity contribution is 0.249. The molecule has 1 saturated heterocycles. The molecule has 2 aromatic rings. The first kappa shape index (κ1) is 15.5. The van der Waals surface area contributed by atoms with Crippen LogP contribution in [0.4, 0.5) is 0 Å². The lowest BCUT2D eigenvalue weighted by atomic mass is 10.0. The Hall–Kier alpha value is -0.980. The highest BCUT2D eigenvalue weighted by Gasteiger charge is 2.44. The number of rotatable bonds is 3. The molecule has 2 aliphatic rings. The molecule has 1 saturated carbocycles. The van der Waals surface area contributed by atoms with Gasteiger partial charge in [0, 0.05) is 27.0 Å². The third-order valence-electron chi connectivity index (χ3n) is 4.73. The van der Waals surface area contributed by atoms with Crippen LogP contribution >= 0.6 is 39.5 Å². The standard InChI is InChI=1S/C17H18BrN3S2/c18-11-9-14(23-10-11)16-15(13-7-3-4-8-19-13)20-17(22)21(16)12-5-1-2-6-12/h3-4,7-10,12,15-16H,1-2,5-6H2,(H,20,22)/t15-,16+/m0/s1. The van der Waals surface area contributed by atoms with Crippen LogP contribution in [0, 0.1) is 0 Å². The molecule has 0 radical (unpaired) electrons. The van der Waals surface area contributed by atoms with Crippen molar-refractivity contribution in [1.29, 1.82) is 0 Å². The predicted octanol–water partition coefficient (Wildman–Crippen LogP) is 4.82. The Labute approximate surface area is 154 Å². The van der Waals surface area contributed by atoms with Crippen molar-refractivity contribution in [2.24, 2.45) is 0 Å². The molecule has 0 amide bonds. The Morgan fingerprint density at radius 1 is 1.30 bits per heavy atom. The van der Waals surface area contributed by atoms with Crippen molar-refractivity contribution in [3.63, 3.8) is 0 Å². The Morgan fingerprint density at radius 2 is 2.13 bits per heavy atom. The van der Waals surface area contributed by atoms with E-state index in [-0.39, 0.29) is 12.1 Å². The van der Waals surface area contributed by atoms with Gasteiger partial charge in [0.2, 0.25) is 0 Å². The zero-order chi connectivity index (χ0) is 15.8. The monoisotopic (exact) mass is 407 g/mol. The van der Waals surface area contributed by atoms with Gasteiger partial charge in [0.05, 0.1) is 17.8 Å². The van der Waals surface area contributed by atoms with Gasteiger partial charge in [0.25, 0.3) is 0 Å². The van der Waals surface area contributed by atoms with Crippen LogP contribution in [0.2, 0.25) is 0 Å². The first-order valence-corrected chi connectivity index (χ1v) is 10.1. The molecule has 6 heteroatoms. The molecule has 2 atom stereocenters. The summed E-state index contributed by atoms with van der Waals surface area (Å²) >= 11 is 11.1. The van der Waals surface area contributed by atoms with Gasteiger partial charge < -0.3 is 10.2 Å². The Morgan fingerprint density at radius 3 is 2.78 bits per heavy atom. The van der Waals surface area contributed by atoms with Crippen LogP contribution in [0.5, 0.6) is 0 Å². The van der Waals surface area contributed by atoms with Crippen LogP contribution in [-0.2, 0) is 0 Å². The quantitative estimate of drug-likeness (QED) is 0.737. The van der Waals surface area contributed by atoms with Gasteiger partial charge in [-0.05, 0) is 59.2 Å². The molecule has 0 aromatic carbocycles. The Bertz CT molecular complexity index is 697. The van der Waals surface area contributed by atoms with E-state index in [0.717, 1.165) is 15.3 Å². The van der Waals surface area contributed by atoms with E-state index in [9.17, 15) is 0 Å². The summed E-state index contributed by atoms with van der Waals surface area (Å²) in [5.41, 5.74) is 1.06. The molecule has 1 N–H and O–H groups in total. The van der Waals surface area contributed by atoms with E-state index < -0.39 is 0 Å². The van der Waals surface area contributed by atoms with Crippen molar-refractivity contribution in [1.82, 2.24) is 15.2 Å². The molecular formula is C17H18BrN3S2. The zero-order valence-corrected chi connectivity index (χ0v) is 15.8. The van der Waals surface area contributed by atoms with Crippen molar-refractivity contribution < 1.29 is 0 Å². The van der Waals surface area contributed by atoms with E-state index >= 15 is 0 Å². The Kier molecular flexibility index (Phi) is 4.39. The fraction of sp³-hybridized carbons (Fsp3) is 0.412. The zero-order valence-electron chi connectivity index (χ0n) is 12.6. The number of thiocarbonyl (C=S) groups is 1. The van der Waals surface area contributed by atoms with Crippen molar-refractivity contribution >= 4 is 44.6 Å². The molecule has 0 unspecified atom stereocenters. The van der Waals surface area contributed by atoms with Gasteiger partial charge in [-0.3, -0.25) is 4.98 Å². The summed E-state index contributed by atoms with van der Waals surface area (Å²) < 4.78 is 1.14. The minimum atomic E-state index is 0.120. The fourth-order valence-corrected chi connectivity index (χ4v) is 5.70. The first-order valence-electron chi connectivity index (χ1n) is 7.98. The maximum atomic E-state index is 5.72. The highest BCUT2D eigenvalue weighted by Crippen LogP contribution is 2.44. The van der Waals surface area contributed by atoms with Crippen LogP contribution in [0.15, 0.2) is 40.3 Å². The molecule has 120 valence electrons. The molecule has 3 heterocycles. The topological polar surface area (TPSA) is 28.2 Å². The van der Waals surface area contributed by atoms with Gasteiger partial charge in [-0.25, -0.2) is 0 Å². The lowest BCUT2D eigenvalue weighted by Gasteiger charge is -2.32. The van der Waals surface area contributed by atoms with Crippen LogP contribution in [0.3, 0.4) is 0 Å². The number of halogens is 1. The molecule has 4 rings (SSSR count). The molecule has 3 nitrogen and oxygen atoms in total. The average molecular weight is 408 g/mol. The molecule has 2 aromatic heterocycles. The average Bonchev–Trinajstić information content (AvgIpc) is 3.27. The highest BCUT2D eigenvalue weighted by atomic mass is 79.9. The van der Waals surface area contributed by atoms with E-state index in [4.69, 9.17) is 12.2 Å². The predicted molar refractivity (Wildman–Crippen MR) is 102 cm³/mol. The Balaban J connectivity index is 1.75. The third kappa shape index (κ3) is 2.92. The summed E-state index contributed by atoms with van der Waals surface area (Å²) in [7, 11) is 0. The maximum absolute atomic E-state index is 5.72. The van der Waals surface area contributed by atoms with Gasteiger partial charge in [-0.15, -0.1) is 11.3 Å². The molecule has 1 aliphatic heterocycles. The summed E-state index contributed by atoms with van der Waals surface area (Å²) in [5, 5.41) is 6.57. The second kappa shape index (κ2) is 6.49. The first-order chi connectivity index (χ1) is 11.2. The van der Waals surface area contributed by atoms with Gasteiger partial charge in [0.1, 0.15) is 0 Å². The van der Waals surface area contributed by atoms with Gasteiger partial charge >= 0.3 is 0 Å². The van der Waals surface area contributed by atoms with E-state index in [0.29, 0.717) is 6.04 Å². The number of pyridine rings is 1. The third-order valence-corrected chi connectivity index (χ3v) is 6.83. The van der Waals surface area contributed by atoms with Gasteiger partial charge in [-0.1, -0.05) is 18.9 Å². The molecule has 2 fully saturated rings. The van der Waals surface area contributed by atoms with Crippen molar-refractivity contribution in [3.8, 4) is 0 Å². The highest BCUT2D eigenvalue weighted by molar-refractivity contribution is 9.10. The summed E-state index contributed by atoms with van der Waals surface area (Å²) in [6, 6.07) is 9.23. The molecule has 0 spiro atoms. The van der Waals surface area contributed by atoms with Crippen LogP contribution in [0.25, 0.3) is 0 Å². The summed E-state index contributed by atoms with van der Waals surface area (Å²) in [5.74, 6) is 0. The van der Waals surface area contributed by atoms with E-state index in [1.807, 2.05) is 18.3 Å². The number of hydrogen-bond acceptors (Lipinski definition) is 3. The molecule has 23 heavy (non-hydrogen) atoms. The van der Waals surface area contributed by atoms with Crippen molar-refractivity contribution in [3.05, 3.63) is 50.9 Å². The SMILES string of the molecule is S=C1N[C@@H](c2ccccn2)[C@@H](c2cc(Br)cs2)N1C1CCCC1. The largest absolute Gasteiger partial charge is 0.352 e. The number of nitrogens with one attached hydrogen (secondary N) is 1. The van der Waals surface area contributed by atoms with E-state index in [1.54, 1.807) is 11.3 Å². The number of nitrogens with zero attached hydrogens (tertiary/aromatic N) is 2. The van der Waals surface area contributed by atoms with Crippen LogP contribution in [-0.4, -0.2) is 21.0 Å². The number of aromatic nitrogens is 1. The normalized spacial score (nSPS) is 25.1. The minimum Gasteiger partial charge on any atom is -0.352 e. The van der Waals surface area contributed by atoms with Crippen LogP contribution in [0.1, 0.15) is 48.3 Å². The fourth-order valence-electron chi connectivity index (χ4n) is 3.73. The van der Waals surface area contributed by atoms with Gasteiger partial charge in [-0.2, -0.15) is 0 Å². The molecule has 1 aliphatic carbocycles. The molecule has 0 bridgehead atoms. The number of hydrogen-bond donors (Lipinski definition) is 1.